The zero-order chi connectivity index (χ0) is 16.2. The van der Waals surface area contributed by atoms with Crippen LogP contribution in [0.1, 0.15) is 50.7 Å². The van der Waals surface area contributed by atoms with E-state index < -0.39 is 6.09 Å². The first-order valence-electron chi connectivity index (χ1n) is 7.79. The number of halogens is 1. The molecule has 1 fully saturated rings. The van der Waals surface area contributed by atoms with E-state index in [0.29, 0.717) is 0 Å². The van der Waals surface area contributed by atoms with Crippen molar-refractivity contribution in [3.8, 4) is 0 Å². The van der Waals surface area contributed by atoms with Crippen LogP contribution in [0.5, 0.6) is 0 Å². The lowest BCUT2D eigenvalue weighted by molar-refractivity contribution is 0.131. The molecule has 0 unspecified atom stereocenters. The number of nitrogens with one attached hydrogen (secondary N) is 2. The van der Waals surface area contributed by atoms with Gasteiger partial charge in [-0.05, 0) is 75.9 Å². The summed E-state index contributed by atoms with van der Waals surface area (Å²) in [6.07, 6.45) is 1.41. The van der Waals surface area contributed by atoms with Crippen molar-refractivity contribution in [3.05, 3.63) is 35.1 Å². The fraction of sp³-hybridized carbons (Fsp3) is 0.588. The molecule has 0 spiro atoms. The van der Waals surface area contributed by atoms with Gasteiger partial charge >= 0.3 is 6.09 Å². The van der Waals surface area contributed by atoms with Gasteiger partial charge in [-0.15, -0.1) is 0 Å². The molecule has 1 saturated heterocycles. The normalized spacial score (nSPS) is 16.4. The van der Waals surface area contributed by atoms with Gasteiger partial charge in [0.05, 0.1) is 0 Å². The molecule has 5 heteroatoms. The van der Waals surface area contributed by atoms with Gasteiger partial charge in [0.2, 0.25) is 0 Å². The molecule has 0 radical (unpaired) electrons. The second-order valence-corrected chi connectivity index (χ2v) is 6.83. The van der Waals surface area contributed by atoms with Crippen LogP contribution in [-0.2, 0) is 11.3 Å². The number of carbonyl (C=O) groups excluding carboxylic acids is 1. The van der Waals surface area contributed by atoms with Crippen molar-refractivity contribution in [3.63, 3.8) is 0 Å². The predicted molar refractivity (Wildman–Crippen MR) is 84.3 cm³/mol. The fourth-order valence-corrected chi connectivity index (χ4v) is 2.62. The number of benzene rings is 1. The summed E-state index contributed by atoms with van der Waals surface area (Å²) in [5.74, 6) is 0.0689. The number of alkyl carbamates (subject to hydrolysis) is 1. The van der Waals surface area contributed by atoms with Crippen LogP contribution in [0.4, 0.5) is 9.18 Å². The molecule has 22 heavy (non-hydrogen) atoms. The number of piperidine rings is 1. The van der Waals surface area contributed by atoms with Crippen molar-refractivity contribution in [2.45, 2.75) is 51.7 Å². The lowest BCUT2D eigenvalue weighted by Crippen LogP contribution is -2.40. The van der Waals surface area contributed by atoms with Gasteiger partial charge < -0.3 is 15.4 Å². The monoisotopic (exact) mass is 308 g/mol. The molecular formula is C17H25FN2O2. The average molecular weight is 308 g/mol. The molecule has 1 aliphatic rings. The Labute approximate surface area is 131 Å². The summed E-state index contributed by atoms with van der Waals surface area (Å²) in [6, 6.07) is 4.97. The Balaban J connectivity index is 1.98. The number of hydrogen-bond donors (Lipinski definition) is 2. The highest BCUT2D eigenvalue weighted by Gasteiger charge is 2.19. The average Bonchev–Trinajstić information content (AvgIpc) is 2.45. The van der Waals surface area contributed by atoms with Crippen LogP contribution in [0.15, 0.2) is 18.2 Å². The van der Waals surface area contributed by atoms with Crippen LogP contribution >= 0.6 is 0 Å². The molecule has 122 valence electrons. The van der Waals surface area contributed by atoms with E-state index in [2.05, 4.69) is 10.6 Å². The minimum Gasteiger partial charge on any atom is -0.445 e. The SMILES string of the molecule is CC(C)(C)NC(=O)OCc1ccc(F)c(C2CCNCC2)c1. The Kier molecular flexibility index (Phi) is 5.40. The van der Waals surface area contributed by atoms with E-state index in [4.69, 9.17) is 4.74 Å². The molecule has 2 rings (SSSR count). The van der Waals surface area contributed by atoms with Crippen molar-refractivity contribution in [1.82, 2.24) is 10.6 Å². The molecule has 1 amide bonds. The highest BCUT2D eigenvalue weighted by Crippen LogP contribution is 2.28. The number of ether oxygens (including phenoxy) is 1. The van der Waals surface area contributed by atoms with Crippen LogP contribution in [0.3, 0.4) is 0 Å². The Bertz CT molecular complexity index is 520. The molecule has 1 aromatic rings. The van der Waals surface area contributed by atoms with Crippen molar-refractivity contribution in [1.29, 1.82) is 0 Å². The van der Waals surface area contributed by atoms with Gasteiger partial charge in [0.15, 0.2) is 0 Å². The molecule has 4 nitrogen and oxygen atoms in total. The third-order valence-corrected chi connectivity index (χ3v) is 3.69. The minimum absolute atomic E-state index is 0.153. The number of carbonyl (C=O) groups is 1. The first-order chi connectivity index (χ1) is 10.3. The van der Waals surface area contributed by atoms with Crippen molar-refractivity contribution < 1.29 is 13.9 Å². The molecule has 0 saturated carbocycles. The van der Waals surface area contributed by atoms with E-state index in [1.54, 1.807) is 6.07 Å². The molecule has 1 aromatic carbocycles. The Hall–Kier alpha value is -1.62. The Morgan fingerprint density at radius 3 is 2.68 bits per heavy atom. The zero-order valence-corrected chi connectivity index (χ0v) is 13.5. The van der Waals surface area contributed by atoms with Gasteiger partial charge in [-0.2, -0.15) is 0 Å². The summed E-state index contributed by atoms with van der Waals surface area (Å²) in [5, 5.41) is 6.02. The van der Waals surface area contributed by atoms with Crippen LogP contribution in [0, 0.1) is 5.82 Å². The minimum atomic E-state index is -0.458. The highest BCUT2D eigenvalue weighted by molar-refractivity contribution is 5.68. The van der Waals surface area contributed by atoms with Crippen molar-refractivity contribution in [2.24, 2.45) is 0 Å². The number of rotatable bonds is 3. The molecule has 2 N–H and O–H groups in total. The lowest BCUT2D eigenvalue weighted by Gasteiger charge is -2.24. The third kappa shape index (κ3) is 4.98. The topological polar surface area (TPSA) is 50.4 Å². The van der Waals surface area contributed by atoms with Crippen molar-refractivity contribution >= 4 is 6.09 Å². The first kappa shape index (κ1) is 16.7. The van der Waals surface area contributed by atoms with Gasteiger partial charge in [-0.3, -0.25) is 0 Å². The Morgan fingerprint density at radius 1 is 1.36 bits per heavy atom. The number of amides is 1. The maximum absolute atomic E-state index is 14.0. The summed E-state index contributed by atoms with van der Waals surface area (Å²) in [4.78, 5) is 11.7. The van der Waals surface area contributed by atoms with E-state index in [0.717, 1.165) is 37.1 Å². The van der Waals surface area contributed by atoms with E-state index >= 15 is 0 Å². The molecule has 1 heterocycles. The van der Waals surface area contributed by atoms with Gasteiger partial charge in [-0.1, -0.05) is 6.07 Å². The lowest BCUT2D eigenvalue weighted by atomic mass is 9.89. The summed E-state index contributed by atoms with van der Waals surface area (Å²) in [7, 11) is 0. The van der Waals surface area contributed by atoms with Gasteiger partial charge in [0, 0.05) is 5.54 Å². The molecular weight excluding hydrogens is 283 g/mol. The summed E-state index contributed by atoms with van der Waals surface area (Å²) in [6.45, 7) is 7.65. The fourth-order valence-electron chi connectivity index (χ4n) is 2.62. The molecule has 0 bridgehead atoms. The van der Waals surface area contributed by atoms with Crippen LogP contribution in [-0.4, -0.2) is 24.7 Å². The quantitative estimate of drug-likeness (QED) is 0.900. The van der Waals surface area contributed by atoms with E-state index in [-0.39, 0.29) is 23.9 Å². The summed E-state index contributed by atoms with van der Waals surface area (Å²) < 4.78 is 19.2. The standard InChI is InChI=1S/C17H25FN2O2/c1-17(2,3)20-16(21)22-11-12-4-5-15(18)14(10-12)13-6-8-19-9-7-13/h4-5,10,13,19H,6-9,11H2,1-3H3,(H,20,21). The smallest absolute Gasteiger partial charge is 0.407 e. The second-order valence-electron chi connectivity index (χ2n) is 6.83. The van der Waals surface area contributed by atoms with E-state index in [9.17, 15) is 9.18 Å². The predicted octanol–water partition coefficient (Wildman–Crippen LogP) is 3.32. The Morgan fingerprint density at radius 2 is 2.05 bits per heavy atom. The molecule has 0 aliphatic carbocycles. The van der Waals surface area contributed by atoms with Crippen LogP contribution in [0.2, 0.25) is 0 Å². The maximum atomic E-state index is 14.0. The van der Waals surface area contributed by atoms with Crippen molar-refractivity contribution in [2.75, 3.05) is 13.1 Å². The summed E-state index contributed by atoms with van der Waals surface area (Å²) in [5.41, 5.74) is 1.22. The number of hydrogen-bond acceptors (Lipinski definition) is 3. The molecule has 0 atom stereocenters. The van der Waals surface area contributed by atoms with E-state index in [1.807, 2.05) is 26.8 Å². The second kappa shape index (κ2) is 7.09. The summed E-state index contributed by atoms with van der Waals surface area (Å²) >= 11 is 0. The highest BCUT2D eigenvalue weighted by atomic mass is 19.1. The molecule has 0 aromatic heterocycles. The van der Waals surface area contributed by atoms with Crippen LogP contribution < -0.4 is 10.6 Å². The zero-order valence-electron chi connectivity index (χ0n) is 13.5. The van der Waals surface area contributed by atoms with Gasteiger partial charge in [0.1, 0.15) is 12.4 Å². The van der Waals surface area contributed by atoms with Gasteiger partial charge in [-0.25, -0.2) is 9.18 Å². The first-order valence-corrected chi connectivity index (χ1v) is 7.79. The maximum Gasteiger partial charge on any atom is 0.407 e. The van der Waals surface area contributed by atoms with Crippen LogP contribution in [0.25, 0.3) is 0 Å². The molecule has 1 aliphatic heterocycles. The third-order valence-electron chi connectivity index (χ3n) is 3.69. The van der Waals surface area contributed by atoms with E-state index in [1.165, 1.54) is 6.07 Å². The van der Waals surface area contributed by atoms with Gasteiger partial charge in [0.25, 0.3) is 0 Å². The largest absolute Gasteiger partial charge is 0.445 e.